The summed E-state index contributed by atoms with van der Waals surface area (Å²) in [5.41, 5.74) is 8.96. The Hall–Kier alpha value is -3.09. The van der Waals surface area contributed by atoms with E-state index >= 15 is 0 Å². The summed E-state index contributed by atoms with van der Waals surface area (Å²) in [5, 5.41) is 3.38. The van der Waals surface area contributed by atoms with Crippen molar-refractivity contribution in [1.82, 2.24) is 20.6 Å². The Kier molecular flexibility index (Phi) is 6.16. The minimum Gasteiger partial charge on any atom is -0.496 e. The fourth-order valence-corrected chi connectivity index (χ4v) is 4.12. The molecular weight excluding hydrogens is 374 g/mol. The van der Waals surface area contributed by atoms with Gasteiger partial charge < -0.3 is 15.5 Å². The minimum absolute atomic E-state index is 0.664. The van der Waals surface area contributed by atoms with Crippen LogP contribution < -0.4 is 21.3 Å². The van der Waals surface area contributed by atoms with Crippen LogP contribution in [0.2, 0.25) is 0 Å². The number of rotatable bonds is 7. The zero-order chi connectivity index (χ0) is 20.9. The van der Waals surface area contributed by atoms with Gasteiger partial charge in [-0.3, -0.25) is 9.88 Å². The van der Waals surface area contributed by atoms with Gasteiger partial charge in [0, 0.05) is 36.6 Å². The van der Waals surface area contributed by atoms with Crippen LogP contribution in [0.5, 0.6) is 5.75 Å². The molecule has 1 fully saturated rings. The second-order valence-corrected chi connectivity index (χ2v) is 7.70. The van der Waals surface area contributed by atoms with E-state index in [0.29, 0.717) is 6.54 Å². The molecule has 0 bridgehead atoms. The monoisotopic (exact) mass is 403 g/mol. The molecule has 1 aromatic carbocycles. The summed E-state index contributed by atoms with van der Waals surface area (Å²) in [6.07, 6.45) is 8.60. The van der Waals surface area contributed by atoms with Crippen molar-refractivity contribution in [2.45, 2.75) is 19.4 Å². The Balaban J connectivity index is 1.64. The van der Waals surface area contributed by atoms with Gasteiger partial charge in [-0.25, -0.2) is 5.84 Å². The lowest BCUT2D eigenvalue weighted by atomic mass is 9.92. The maximum Gasteiger partial charge on any atom is 0.126 e. The van der Waals surface area contributed by atoms with E-state index < -0.39 is 0 Å². The zero-order valence-electron chi connectivity index (χ0n) is 17.4. The van der Waals surface area contributed by atoms with E-state index in [1.54, 1.807) is 7.11 Å². The number of ether oxygens (including phenoxy) is 1. The van der Waals surface area contributed by atoms with Crippen LogP contribution in [0.15, 0.2) is 66.8 Å². The molecule has 0 aliphatic carbocycles. The molecule has 6 nitrogen and oxygen atoms in total. The summed E-state index contributed by atoms with van der Waals surface area (Å²) < 4.78 is 5.53. The Bertz CT molecular complexity index is 989. The average molecular weight is 404 g/mol. The molecule has 0 saturated carbocycles. The lowest BCUT2D eigenvalue weighted by molar-refractivity contribution is 0.331. The van der Waals surface area contributed by atoms with Crippen LogP contribution in [-0.4, -0.2) is 36.6 Å². The Labute approximate surface area is 178 Å². The molecule has 4 N–H and O–H groups in total. The van der Waals surface area contributed by atoms with Crippen LogP contribution in [0.4, 0.5) is 0 Å². The van der Waals surface area contributed by atoms with Gasteiger partial charge in [0.1, 0.15) is 11.6 Å². The lowest BCUT2D eigenvalue weighted by Crippen LogP contribution is -2.35. The van der Waals surface area contributed by atoms with E-state index in [1.165, 1.54) is 31.5 Å². The van der Waals surface area contributed by atoms with E-state index in [0.717, 1.165) is 46.0 Å². The summed E-state index contributed by atoms with van der Waals surface area (Å²) in [7, 11) is 1.67. The summed E-state index contributed by atoms with van der Waals surface area (Å²) in [5.74, 6) is 7.31. The van der Waals surface area contributed by atoms with Crippen molar-refractivity contribution in [1.29, 1.82) is 0 Å². The second kappa shape index (κ2) is 9.15. The van der Waals surface area contributed by atoms with Crippen molar-refractivity contribution in [3.63, 3.8) is 0 Å². The molecule has 2 aliphatic heterocycles. The summed E-state index contributed by atoms with van der Waals surface area (Å²) >= 11 is 0. The highest BCUT2D eigenvalue weighted by Gasteiger charge is 2.19. The van der Waals surface area contributed by atoms with Crippen LogP contribution in [-0.2, 0) is 6.54 Å². The molecule has 156 valence electrons. The number of methoxy groups -OCH3 is 1. The molecular formula is C24H29N5O. The molecule has 1 aromatic heterocycles. The van der Waals surface area contributed by atoms with Crippen molar-refractivity contribution < 1.29 is 4.74 Å². The largest absolute Gasteiger partial charge is 0.496 e. The number of nitrogens with two attached hydrogens (primary N) is 1. The van der Waals surface area contributed by atoms with Gasteiger partial charge in [-0.15, -0.1) is 0 Å². The number of hydrogen-bond donors (Lipinski definition) is 3. The number of para-hydroxylation sites is 1. The molecule has 0 amide bonds. The van der Waals surface area contributed by atoms with Gasteiger partial charge >= 0.3 is 0 Å². The van der Waals surface area contributed by atoms with Gasteiger partial charge in [-0.05, 0) is 66.4 Å². The minimum atomic E-state index is 0.664. The molecule has 0 radical (unpaired) electrons. The number of likely N-dealkylation sites (tertiary alicyclic amines) is 1. The number of benzene rings is 1. The first-order valence-corrected chi connectivity index (χ1v) is 10.3. The lowest BCUT2D eigenvalue weighted by Gasteiger charge is -2.24. The third-order valence-electron chi connectivity index (χ3n) is 5.72. The number of aromatic nitrogens is 1. The van der Waals surface area contributed by atoms with Crippen LogP contribution in [0, 0.1) is 0 Å². The molecule has 3 heterocycles. The van der Waals surface area contributed by atoms with E-state index in [9.17, 15) is 0 Å². The fraction of sp³-hybridized carbons (Fsp3) is 0.292. The molecule has 4 rings (SSSR count). The maximum absolute atomic E-state index is 5.79. The Morgan fingerprint density at radius 3 is 2.83 bits per heavy atom. The first kappa shape index (κ1) is 20.2. The van der Waals surface area contributed by atoms with Crippen molar-refractivity contribution in [2.24, 2.45) is 5.84 Å². The standard InChI is InChI=1S/C24H29N5O/c1-17(21-7-3-4-8-23(21)30-2)22-12-20(15-27-24(22)28-25)19-11-18(13-26-14-19)16-29-9-5-6-10-29/h3-4,7-8,11-14,27-28H,1,5-6,9-10,15-16,25H2,2H3. The van der Waals surface area contributed by atoms with Crippen LogP contribution >= 0.6 is 0 Å². The zero-order valence-corrected chi connectivity index (χ0v) is 17.4. The van der Waals surface area contributed by atoms with Crippen molar-refractivity contribution in [3.8, 4) is 5.75 Å². The van der Waals surface area contributed by atoms with Crippen molar-refractivity contribution >= 4 is 11.1 Å². The normalized spacial score (nSPS) is 16.8. The first-order chi connectivity index (χ1) is 14.7. The predicted octanol–water partition coefficient (Wildman–Crippen LogP) is 3.06. The average Bonchev–Trinajstić information content (AvgIpc) is 3.31. The molecule has 30 heavy (non-hydrogen) atoms. The molecule has 6 heteroatoms. The topological polar surface area (TPSA) is 75.4 Å². The molecule has 0 spiro atoms. The van der Waals surface area contributed by atoms with Crippen LogP contribution in [0.3, 0.4) is 0 Å². The number of allylic oxidation sites excluding steroid dienone is 3. The molecule has 2 aliphatic rings. The predicted molar refractivity (Wildman–Crippen MR) is 121 cm³/mol. The molecule has 0 unspecified atom stereocenters. The van der Waals surface area contributed by atoms with E-state index in [2.05, 4.69) is 39.3 Å². The number of dihydropyridines is 1. The van der Waals surface area contributed by atoms with Gasteiger partial charge in [0.05, 0.1) is 7.11 Å². The first-order valence-electron chi connectivity index (χ1n) is 10.3. The Morgan fingerprint density at radius 1 is 1.27 bits per heavy atom. The molecule has 1 saturated heterocycles. The van der Waals surface area contributed by atoms with Crippen molar-refractivity contribution in [3.05, 3.63) is 83.5 Å². The quantitative estimate of drug-likeness (QED) is 0.487. The van der Waals surface area contributed by atoms with E-state index in [-0.39, 0.29) is 0 Å². The van der Waals surface area contributed by atoms with E-state index in [1.807, 2.05) is 36.7 Å². The van der Waals surface area contributed by atoms with Gasteiger partial charge in [0.15, 0.2) is 0 Å². The number of hydrazine groups is 1. The number of pyridine rings is 1. The number of hydrogen-bond acceptors (Lipinski definition) is 6. The highest BCUT2D eigenvalue weighted by atomic mass is 16.5. The van der Waals surface area contributed by atoms with Crippen LogP contribution in [0.1, 0.15) is 29.5 Å². The van der Waals surface area contributed by atoms with Gasteiger partial charge in [-0.1, -0.05) is 24.8 Å². The van der Waals surface area contributed by atoms with Gasteiger partial charge in [0.25, 0.3) is 0 Å². The molecule has 2 aromatic rings. The summed E-state index contributed by atoms with van der Waals surface area (Å²) in [6, 6.07) is 10.1. The Morgan fingerprint density at radius 2 is 2.07 bits per heavy atom. The van der Waals surface area contributed by atoms with Crippen molar-refractivity contribution in [2.75, 3.05) is 26.7 Å². The highest BCUT2D eigenvalue weighted by molar-refractivity contribution is 5.88. The third kappa shape index (κ3) is 4.25. The van der Waals surface area contributed by atoms with E-state index in [4.69, 9.17) is 10.6 Å². The third-order valence-corrected chi connectivity index (χ3v) is 5.72. The number of nitrogens with zero attached hydrogens (tertiary/aromatic N) is 2. The second-order valence-electron chi connectivity index (χ2n) is 7.70. The molecule has 0 atom stereocenters. The highest BCUT2D eigenvalue weighted by Crippen LogP contribution is 2.34. The number of nitrogens with one attached hydrogen (secondary N) is 2. The maximum atomic E-state index is 5.79. The van der Waals surface area contributed by atoms with Crippen LogP contribution in [0.25, 0.3) is 11.1 Å². The fourth-order valence-electron chi connectivity index (χ4n) is 4.12. The SMILES string of the molecule is C=C(C1=C(NN)NCC(c2cncc(CN3CCCC3)c2)=C1)c1ccccc1OC. The smallest absolute Gasteiger partial charge is 0.126 e. The summed E-state index contributed by atoms with van der Waals surface area (Å²) in [6.45, 7) is 8.29. The summed E-state index contributed by atoms with van der Waals surface area (Å²) in [4.78, 5) is 6.99. The van der Waals surface area contributed by atoms with Gasteiger partial charge in [-0.2, -0.15) is 0 Å². The van der Waals surface area contributed by atoms with Gasteiger partial charge in [0.2, 0.25) is 0 Å².